The van der Waals surface area contributed by atoms with Crippen molar-refractivity contribution in [1.29, 1.82) is 0 Å². The molecule has 0 radical (unpaired) electrons. The standard InChI is InChI=1S/C29H33FN6O2S/c1-4-32-28(24-14-26(34-16-18(24)2)20-5-8-31-9-6-20)27-15-25-23(7-10-33-29(25)36-27)21-11-19(12-22(30)13-21)17-35-39(3,37)38/h7,10-16,20,31,35H,4-6,8-9,17H2,1-3H3,(H,33,36)/b32-28+. The molecule has 0 aliphatic carbocycles. The summed E-state index contributed by atoms with van der Waals surface area (Å²) in [4.78, 5) is 17.6. The van der Waals surface area contributed by atoms with Crippen LogP contribution in [-0.4, -0.2) is 55.0 Å². The van der Waals surface area contributed by atoms with Gasteiger partial charge in [0.15, 0.2) is 0 Å². The molecule has 0 spiro atoms. The number of nitrogens with one attached hydrogen (secondary N) is 3. The Balaban J connectivity index is 1.56. The minimum Gasteiger partial charge on any atom is -0.338 e. The summed E-state index contributed by atoms with van der Waals surface area (Å²) in [6, 6.07) is 10.6. The number of H-pyrrole nitrogens is 1. The van der Waals surface area contributed by atoms with Crippen molar-refractivity contribution in [3.63, 3.8) is 0 Å². The van der Waals surface area contributed by atoms with E-state index in [9.17, 15) is 12.8 Å². The molecule has 204 valence electrons. The van der Waals surface area contributed by atoms with Crippen LogP contribution in [0.3, 0.4) is 0 Å². The summed E-state index contributed by atoms with van der Waals surface area (Å²) in [6.45, 7) is 6.66. The Morgan fingerprint density at radius 3 is 2.69 bits per heavy atom. The van der Waals surface area contributed by atoms with Gasteiger partial charge in [-0.15, -0.1) is 0 Å². The number of hydrogen-bond donors (Lipinski definition) is 3. The van der Waals surface area contributed by atoms with E-state index in [1.165, 1.54) is 12.1 Å². The average Bonchev–Trinajstić information content (AvgIpc) is 3.35. The van der Waals surface area contributed by atoms with Gasteiger partial charge in [0.25, 0.3) is 0 Å². The van der Waals surface area contributed by atoms with E-state index in [-0.39, 0.29) is 6.54 Å². The minimum atomic E-state index is -3.41. The van der Waals surface area contributed by atoms with Crippen molar-refractivity contribution in [3.8, 4) is 11.1 Å². The highest BCUT2D eigenvalue weighted by Crippen LogP contribution is 2.31. The molecule has 5 rings (SSSR count). The second kappa shape index (κ2) is 11.3. The predicted octanol–water partition coefficient (Wildman–Crippen LogP) is 4.45. The zero-order valence-corrected chi connectivity index (χ0v) is 23.2. The topological polar surface area (TPSA) is 112 Å². The Labute approximate surface area is 228 Å². The highest BCUT2D eigenvalue weighted by atomic mass is 32.2. The van der Waals surface area contributed by atoms with Gasteiger partial charge in [0, 0.05) is 48.0 Å². The van der Waals surface area contributed by atoms with Gasteiger partial charge in [0.05, 0.1) is 17.7 Å². The molecule has 1 saturated heterocycles. The Bertz CT molecular complexity index is 1640. The second-order valence-corrected chi connectivity index (χ2v) is 11.8. The molecule has 0 saturated carbocycles. The number of pyridine rings is 2. The number of aryl methyl sites for hydroxylation is 1. The smallest absolute Gasteiger partial charge is 0.209 e. The van der Waals surface area contributed by atoms with Gasteiger partial charge in [0.2, 0.25) is 10.0 Å². The number of fused-ring (bicyclic) bond motifs is 1. The third kappa shape index (κ3) is 6.24. The summed E-state index contributed by atoms with van der Waals surface area (Å²) in [5, 5.41) is 4.24. The van der Waals surface area contributed by atoms with Gasteiger partial charge in [0.1, 0.15) is 11.5 Å². The van der Waals surface area contributed by atoms with Crippen LogP contribution in [0.5, 0.6) is 0 Å². The van der Waals surface area contributed by atoms with Gasteiger partial charge in [-0.2, -0.15) is 0 Å². The molecule has 1 fully saturated rings. The average molecular weight is 549 g/mol. The van der Waals surface area contributed by atoms with Crippen LogP contribution in [0.1, 0.15) is 53.8 Å². The third-order valence-corrected chi connectivity index (χ3v) is 7.72. The Morgan fingerprint density at radius 1 is 1.15 bits per heavy atom. The fourth-order valence-electron chi connectivity index (χ4n) is 5.14. The quantitative estimate of drug-likeness (QED) is 0.282. The fourth-order valence-corrected chi connectivity index (χ4v) is 5.57. The summed E-state index contributed by atoms with van der Waals surface area (Å²) in [5.74, 6) is -0.0200. The third-order valence-electron chi connectivity index (χ3n) is 7.05. The molecular formula is C29H33FN6O2S. The summed E-state index contributed by atoms with van der Waals surface area (Å²) < 4.78 is 40.1. The van der Waals surface area contributed by atoms with Crippen molar-refractivity contribution in [2.45, 2.75) is 39.2 Å². The molecule has 0 atom stereocenters. The molecule has 39 heavy (non-hydrogen) atoms. The number of hydrogen-bond acceptors (Lipinski definition) is 6. The van der Waals surface area contributed by atoms with Gasteiger partial charge in [-0.25, -0.2) is 22.5 Å². The monoisotopic (exact) mass is 548 g/mol. The van der Waals surface area contributed by atoms with Crippen LogP contribution < -0.4 is 10.0 Å². The lowest BCUT2D eigenvalue weighted by Gasteiger charge is -2.23. The molecule has 3 N–H and O–H groups in total. The first-order valence-electron chi connectivity index (χ1n) is 13.2. The van der Waals surface area contributed by atoms with Crippen molar-refractivity contribution in [2.24, 2.45) is 4.99 Å². The van der Waals surface area contributed by atoms with Crippen LogP contribution in [0.4, 0.5) is 4.39 Å². The number of aliphatic imine (C=N–C) groups is 1. The SMILES string of the molecule is CC/N=C(/c1cc2c(-c3cc(F)cc(CNS(C)(=O)=O)c3)ccnc2[nH]1)c1cc(C2CCNCC2)ncc1C. The number of sulfonamides is 1. The summed E-state index contributed by atoms with van der Waals surface area (Å²) in [7, 11) is -3.41. The number of piperidine rings is 1. The van der Waals surface area contributed by atoms with Crippen LogP contribution in [0, 0.1) is 12.7 Å². The van der Waals surface area contributed by atoms with Crippen molar-refractivity contribution in [1.82, 2.24) is 25.0 Å². The lowest BCUT2D eigenvalue weighted by Crippen LogP contribution is -2.27. The molecule has 3 aromatic heterocycles. The summed E-state index contributed by atoms with van der Waals surface area (Å²) in [6.07, 6.45) is 6.82. The Hall–Kier alpha value is -3.47. The largest absolute Gasteiger partial charge is 0.338 e. The number of aromatic nitrogens is 3. The highest BCUT2D eigenvalue weighted by molar-refractivity contribution is 7.88. The zero-order valence-electron chi connectivity index (χ0n) is 22.4. The number of halogens is 1. The first kappa shape index (κ1) is 27.1. The molecule has 1 aliphatic rings. The van der Waals surface area contributed by atoms with E-state index in [1.54, 1.807) is 12.3 Å². The van der Waals surface area contributed by atoms with Crippen LogP contribution >= 0.6 is 0 Å². The Morgan fingerprint density at radius 2 is 1.95 bits per heavy atom. The van der Waals surface area contributed by atoms with Gasteiger partial charge in [-0.05, 0) is 98.4 Å². The first-order chi connectivity index (χ1) is 18.7. The van der Waals surface area contributed by atoms with Crippen LogP contribution in [0.15, 0.2) is 53.8 Å². The normalized spacial score (nSPS) is 15.2. The maximum absolute atomic E-state index is 14.6. The molecule has 1 aliphatic heterocycles. The minimum absolute atomic E-state index is 0.00419. The highest BCUT2D eigenvalue weighted by Gasteiger charge is 2.21. The zero-order chi connectivity index (χ0) is 27.6. The molecule has 1 aromatic carbocycles. The van der Waals surface area contributed by atoms with Crippen LogP contribution in [0.25, 0.3) is 22.2 Å². The van der Waals surface area contributed by atoms with Crippen LogP contribution in [0.2, 0.25) is 0 Å². The molecule has 0 unspecified atom stereocenters. The molecule has 0 bridgehead atoms. The second-order valence-electron chi connectivity index (χ2n) is 10.0. The number of nitrogens with zero attached hydrogens (tertiary/aromatic N) is 3. The van der Waals surface area contributed by atoms with E-state index < -0.39 is 15.8 Å². The van der Waals surface area contributed by atoms with Gasteiger partial charge < -0.3 is 10.3 Å². The molecule has 0 amide bonds. The van der Waals surface area contributed by atoms with Crippen molar-refractivity contribution in [2.75, 3.05) is 25.9 Å². The molecule has 8 nitrogen and oxygen atoms in total. The lowest BCUT2D eigenvalue weighted by atomic mass is 9.91. The van der Waals surface area contributed by atoms with E-state index in [4.69, 9.17) is 9.98 Å². The van der Waals surface area contributed by atoms with E-state index in [0.29, 0.717) is 29.2 Å². The summed E-state index contributed by atoms with van der Waals surface area (Å²) >= 11 is 0. The maximum Gasteiger partial charge on any atom is 0.209 e. The van der Waals surface area contributed by atoms with E-state index in [0.717, 1.165) is 71.4 Å². The van der Waals surface area contributed by atoms with Gasteiger partial charge in [-0.3, -0.25) is 9.98 Å². The van der Waals surface area contributed by atoms with Crippen molar-refractivity contribution in [3.05, 3.63) is 82.7 Å². The maximum atomic E-state index is 14.6. The molecule has 10 heteroatoms. The van der Waals surface area contributed by atoms with E-state index >= 15 is 0 Å². The Kier molecular flexibility index (Phi) is 7.88. The number of benzene rings is 1. The molecule has 4 heterocycles. The first-order valence-corrected chi connectivity index (χ1v) is 15.1. The number of aromatic amines is 1. The van der Waals surface area contributed by atoms with E-state index in [1.807, 2.05) is 32.2 Å². The van der Waals surface area contributed by atoms with Crippen molar-refractivity contribution < 1.29 is 12.8 Å². The van der Waals surface area contributed by atoms with Crippen molar-refractivity contribution >= 4 is 26.8 Å². The lowest BCUT2D eigenvalue weighted by molar-refractivity contribution is 0.453. The number of rotatable bonds is 8. The predicted molar refractivity (Wildman–Crippen MR) is 153 cm³/mol. The molecular weight excluding hydrogens is 515 g/mol. The van der Waals surface area contributed by atoms with Crippen LogP contribution in [-0.2, 0) is 16.6 Å². The van der Waals surface area contributed by atoms with Gasteiger partial charge >= 0.3 is 0 Å². The van der Waals surface area contributed by atoms with Gasteiger partial charge in [-0.1, -0.05) is 0 Å². The summed E-state index contributed by atoms with van der Waals surface area (Å²) in [5.41, 5.74) is 7.46. The van der Waals surface area contributed by atoms with E-state index in [2.05, 4.69) is 26.1 Å². The molecule has 4 aromatic rings. The fraction of sp³-hybridized carbons (Fsp3) is 0.345.